The molecule has 1 fully saturated rings. The molecule has 0 bridgehead atoms. The fraction of sp³-hybridized carbons (Fsp3) is 0.200. The summed E-state index contributed by atoms with van der Waals surface area (Å²) in [5.74, 6) is -0.236. The molecule has 1 heterocycles. The molecule has 1 amide bonds. The third-order valence-electron chi connectivity index (χ3n) is 5.11. The van der Waals surface area contributed by atoms with Crippen molar-refractivity contribution in [1.82, 2.24) is 0 Å². The van der Waals surface area contributed by atoms with Crippen molar-refractivity contribution in [3.8, 4) is 5.75 Å². The number of amides is 1. The number of nitrogens with zero attached hydrogens (tertiary/aromatic N) is 1. The van der Waals surface area contributed by atoms with Crippen LogP contribution < -0.4 is 15.0 Å². The molecule has 3 aromatic rings. The van der Waals surface area contributed by atoms with Crippen LogP contribution in [0.1, 0.15) is 15.9 Å². The van der Waals surface area contributed by atoms with E-state index in [1.54, 1.807) is 42.5 Å². The number of ether oxygens (including phenoxy) is 2. The van der Waals surface area contributed by atoms with Crippen molar-refractivity contribution in [3.05, 3.63) is 88.9 Å². The average Bonchev–Trinajstić information content (AvgIpc) is 2.84. The van der Waals surface area contributed by atoms with E-state index in [0.29, 0.717) is 27.6 Å². The van der Waals surface area contributed by atoms with Gasteiger partial charge in [0.2, 0.25) is 0 Å². The molecule has 0 spiro atoms. The number of nitrogens with one attached hydrogen (secondary N) is 1. The van der Waals surface area contributed by atoms with E-state index in [-0.39, 0.29) is 18.3 Å². The van der Waals surface area contributed by atoms with Crippen LogP contribution in [-0.4, -0.2) is 44.6 Å². The highest BCUT2D eigenvalue weighted by atomic mass is 35.5. The Kier molecular flexibility index (Phi) is 7.04. The number of hydrogen-bond donors (Lipinski definition) is 1. The van der Waals surface area contributed by atoms with Crippen molar-refractivity contribution in [1.29, 1.82) is 0 Å². The number of morpholine rings is 1. The molecule has 0 saturated carbocycles. The first-order chi connectivity index (χ1) is 15.6. The molecule has 0 atom stereocenters. The van der Waals surface area contributed by atoms with Crippen LogP contribution in [0.25, 0.3) is 0 Å². The van der Waals surface area contributed by atoms with Gasteiger partial charge in [0.1, 0.15) is 5.75 Å². The number of anilines is 2. The molecule has 0 aromatic heterocycles. The van der Waals surface area contributed by atoms with Crippen LogP contribution in [0, 0.1) is 0 Å². The lowest BCUT2D eigenvalue weighted by Gasteiger charge is -2.28. The quantitative estimate of drug-likeness (QED) is 0.539. The third-order valence-corrected chi connectivity index (χ3v) is 5.34. The van der Waals surface area contributed by atoms with Crippen molar-refractivity contribution < 1.29 is 19.1 Å². The van der Waals surface area contributed by atoms with Crippen LogP contribution in [0.4, 0.5) is 11.4 Å². The maximum absolute atomic E-state index is 12.9. The van der Waals surface area contributed by atoms with E-state index in [1.165, 1.54) is 0 Å². The van der Waals surface area contributed by atoms with Crippen LogP contribution in [0.2, 0.25) is 5.02 Å². The Labute approximate surface area is 191 Å². The van der Waals surface area contributed by atoms with Gasteiger partial charge in [-0.1, -0.05) is 41.9 Å². The van der Waals surface area contributed by atoms with Gasteiger partial charge < -0.3 is 19.7 Å². The minimum Gasteiger partial charge on any atom is -0.483 e. The molecule has 1 aliphatic heterocycles. The lowest BCUT2D eigenvalue weighted by molar-refractivity contribution is -0.118. The zero-order valence-corrected chi connectivity index (χ0v) is 18.2. The van der Waals surface area contributed by atoms with Gasteiger partial charge in [-0.25, -0.2) is 0 Å². The molecule has 3 aromatic carbocycles. The molecule has 7 heteroatoms. The number of carbonyl (C=O) groups excluding carboxylic acids is 2. The molecule has 32 heavy (non-hydrogen) atoms. The van der Waals surface area contributed by atoms with Gasteiger partial charge in [0.25, 0.3) is 5.91 Å². The summed E-state index contributed by atoms with van der Waals surface area (Å²) in [4.78, 5) is 27.5. The molecule has 6 nitrogen and oxygen atoms in total. The fourth-order valence-corrected chi connectivity index (χ4v) is 3.64. The molecule has 1 saturated heterocycles. The van der Waals surface area contributed by atoms with E-state index >= 15 is 0 Å². The van der Waals surface area contributed by atoms with Crippen LogP contribution in [0.5, 0.6) is 5.75 Å². The van der Waals surface area contributed by atoms with Crippen molar-refractivity contribution in [3.63, 3.8) is 0 Å². The molecular weight excluding hydrogens is 428 g/mol. The Bertz CT molecular complexity index is 1080. The summed E-state index contributed by atoms with van der Waals surface area (Å²) in [7, 11) is 0. The minimum atomic E-state index is -0.322. The first kappa shape index (κ1) is 21.9. The van der Waals surface area contributed by atoms with Gasteiger partial charge >= 0.3 is 0 Å². The van der Waals surface area contributed by atoms with Gasteiger partial charge in [-0.15, -0.1) is 0 Å². The van der Waals surface area contributed by atoms with Crippen LogP contribution in [0.15, 0.2) is 72.8 Å². The summed E-state index contributed by atoms with van der Waals surface area (Å²) >= 11 is 6.09. The summed E-state index contributed by atoms with van der Waals surface area (Å²) < 4.78 is 11.0. The summed E-state index contributed by atoms with van der Waals surface area (Å²) in [5.41, 5.74) is 2.59. The van der Waals surface area contributed by atoms with Gasteiger partial charge in [0, 0.05) is 35.1 Å². The second kappa shape index (κ2) is 10.3. The number of halogens is 1. The molecule has 4 rings (SSSR count). The standard InChI is InChI=1S/C25H23ClN2O4/c26-19-6-11-23(22(16-19)25(30)18-4-2-1-3-5-18)32-17-24(29)27-20-7-9-21(10-8-20)28-12-14-31-15-13-28/h1-11,16H,12-15,17H2,(H,27,29). The smallest absolute Gasteiger partial charge is 0.262 e. The van der Waals surface area contributed by atoms with E-state index in [4.69, 9.17) is 21.1 Å². The number of rotatable bonds is 7. The maximum atomic E-state index is 12.9. The van der Waals surface area contributed by atoms with Crippen molar-refractivity contribution in [2.75, 3.05) is 43.1 Å². The Morgan fingerprint density at radius 1 is 0.969 bits per heavy atom. The Balaban J connectivity index is 1.38. The number of carbonyl (C=O) groups is 2. The lowest BCUT2D eigenvalue weighted by atomic mass is 10.0. The Morgan fingerprint density at radius 2 is 1.69 bits per heavy atom. The summed E-state index contributed by atoms with van der Waals surface area (Å²) in [6.45, 7) is 2.90. The first-order valence-corrected chi connectivity index (χ1v) is 10.7. The van der Waals surface area contributed by atoms with Crippen LogP contribution >= 0.6 is 11.6 Å². The predicted molar refractivity (Wildman–Crippen MR) is 125 cm³/mol. The molecule has 164 valence electrons. The van der Waals surface area contributed by atoms with Gasteiger partial charge in [-0.3, -0.25) is 9.59 Å². The van der Waals surface area contributed by atoms with Crippen molar-refractivity contribution >= 4 is 34.7 Å². The highest BCUT2D eigenvalue weighted by Gasteiger charge is 2.17. The van der Waals surface area contributed by atoms with Gasteiger partial charge in [0.05, 0.1) is 18.8 Å². The predicted octanol–water partition coefficient (Wildman–Crippen LogP) is 4.43. The first-order valence-electron chi connectivity index (χ1n) is 10.3. The highest BCUT2D eigenvalue weighted by Crippen LogP contribution is 2.26. The SMILES string of the molecule is O=C(COc1ccc(Cl)cc1C(=O)c1ccccc1)Nc1ccc(N2CCOCC2)cc1. The van der Waals surface area contributed by atoms with E-state index in [0.717, 1.165) is 32.0 Å². The molecule has 1 aliphatic rings. The summed E-state index contributed by atoms with van der Waals surface area (Å²) in [6, 6.07) is 21.3. The van der Waals surface area contributed by atoms with Gasteiger partial charge in [0.15, 0.2) is 12.4 Å². The lowest BCUT2D eigenvalue weighted by Crippen LogP contribution is -2.36. The summed E-state index contributed by atoms with van der Waals surface area (Å²) in [5, 5.41) is 3.23. The second-order valence-corrected chi connectivity index (χ2v) is 7.76. The second-order valence-electron chi connectivity index (χ2n) is 7.32. The molecule has 0 aliphatic carbocycles. The van der Waals surface area contributed by atoms with Crippen LogP contribution in [-0.2, 0) is 9.53 Å². The molecule has 0 unspecified atom stereocenters. The van der Waals surface area contributed by atoms with Crippen LogP contribution in [0.3, 0.4) is 0 Å². The third kappa shape index (κ3) is 5.46. The van der Waals surface area contributed by atoms with Crippen molar-refractivity contribution in [2.45, 2.75) is 0 Å². The molecule has 0 radical (unpaired) electrons. The van der Waals surface area contributed by atoms with Crippen molar-refractivity contribution in [2.24, 2.45) is 0 Å². The number of hydrogen-bond acceptors (Lipinski definition) is 5. The van der Waals surface area contributed by atoms with E-state index in [2.05, 4.69) is 10.2 Å². The van der Waals surface area contributed by atoms with E-state index in [1.807, 2.05) is 30.3 Å². The average molecular weight is 451 g/mol. The normalized spacial score (nSPS) is 13.5. The number of benzene rings is 3. The summed E-state index contributed by atoms with van der Waals surface area (Å²) in [6.07, 6.45) is 0. The largest absolute Gasteiger partial charge is 0.483 e. The monoisotopic (exact) mass is 450 g/mol. The fourth-order valence-electron chi connectivity index (χ4n) is 3.47. The zero-order chi connectivity index (χ0) is 22.3. The Hall–Kier alpha value is -3.35. The minimum absolute atomic E-state index is 0.220. The Morgan fingerprint density at radius 3 is 2.41 bits per heavy atom. The zero-order valence-electron chi connectivity index (χ0n) is 17.4. The van der Waals surface area contributed by atoms with E-state index in [9.17, 15) is 9.59 Å². The highest BCUT2D eigenvalue weighted by molar-refractivity contribution is 6.31. The molecular formula is C25H23ClN2O4. The van der Waals surface area contributed by atoms with Gasteiger partial charge in [-0.05, 0) is 42.5 Å². The maximum Gasteiger partial charge on any atom is 0.262 e. The van der Waals surface area contributed by atoms with Gasteiger partial charge in [-0.2, -0.15) is 0 Å². The molecule has 1 N–H and O–H groups in total. The number of ketones is 1. The van der Waals surface area contributed by atoms with E-state index < -0.39 is 0 Å². The topological polar surface area (TPSA) is 67.9 Å².